The van der Waals surface area contributed by atoms with Crippen LogP contribution < -0.4 is 5.32 Å². The van der Waals surface area contributed by atoms with Gasteiger partial charge in [0.05, 0.1) is 0 Å². The van der Waals surface area contributed by atoms with Crippen molar-refractivity contribution in [3.8, 4) is 0 Å². The summed E-state index contributed by atoms with van der Waals surface area (Å²) in [4.78, 5) is 2.20. The van der Waals surface area contributed by atoms with Gasteiger partial charge in [0.1, 0.15) is 11.6 Å². The lowest BCUT2D eigenvalue weighted by Gasteiger charge is -2.29. The molecule has 1 saturated heterocycles. The van der Waals surface area contributed by atoms with Crippen LogP contribution in [0.5, 0.6) is 0 Å². The van der Waals surface area contributed by atoms with Crippen LogP contribution in [0, 0.1) is 17.6 Å². The Morgan fingerprint density at radius 3 is 2.68 bits per heavy atom. The van der Waals surface area contributed by atoms with Crippen molar-refractivity contribution in [2.75, 3.05) is 26.2 Å². The molecule has 4 heteroatoms. The van der Waals surface area contributed by atoms with Crippen LogP contribution in [0.2, 0.25) is 0 Å². The standard InChI is InChI=1S/C15H22F2N2/c1-2-19(10-12-5-7-18-8-6-12)11-13-9-14(16)3-4-15(13)17/h3-4,9,12,18H,2,5-8,10-11H2,1H3. The molecule has 1 aliphatic heterocycles. The van der Waals surface area contributed by atoms with Crippen LogP contribution in [0.25, 0.3) is 0 Å². The van der Waals surface area contributed by atoms with E-state index in [1.807, 2.05) is 0 Å². The highest BCUT2D eigenvalue weighted by Crippen LogP contribution is 2.17. The van der Waals surface area contributed by atoms with Crippen molar-refractivity contribution < 1.29 is 8.78 Å². The summed E-state index contributed by atoms with van der Waals surface area (Å²) < 4.78 is 26.8. The van der Waals surface area contributed by atoms with Crippen molar-refractivity contribution in [1.82, 2.24) is 10.2 Å². The van der Waals surface area contributed by atoms with E-state index in [0.29, 0.717) is 18.0 Å². The fourth-order valence-corrected chi connectivity index (χ4v) is 2.64. The molecule has 2 rings (SSSR count). The van der Waals surface area contributed by atoms with Crippen LogP contribution in [-0.4, -0.2) is 31.1 Å². The molecule has 0 unspecified atom stereocenters. The Kier molecular flexibility index (Phi) is 5.28. The number of piperidine rings is 1. The Balaban J connectivity index is 1.95. The van der Waals surface area contributed by atoms with Gasteiger partial charge in [-0.25, -0.2) is 8.78 Å². The smallest absolute Gasteiger partial charge is 0.127 e. The molecule has 1 aromatic rings. The van der Waals surface area contributed by atoms with Crippen LogP contribution in [0.1, 0.15) is 25.3 Å². The van der Waals surface area contributed by atoms with Crippen LogP contribution >= 0.6 is 0 Å². The molecule has 1 N–H and O–H groups in total. The summed E-state index contributed by atoms with van der Waals surface area (Å²) in [6, 6.07) is 3.69. The minimum absolute atomic E-state index is 0.315. The van der Waals surface area contributed by atoms with Gasteiger partial charge in [0, 0.05) is 18.7 Å². The zero-order chi connectivity index (χ0) is 13.7. The zero-order valence-corrected chi connectivity index (χ0v) is 11.5. The van der Waals surface area contributed by atoms with E-state index in [1.165, 1.54) is 31.0 Å². The molecule has 1 fully saturated rings. The fourth-order valence-electron chi connectivity index (χ4n) is 2.64. The number of nitrogens with one attached hydrogen (secondary N) is 1. The highest BCUT2D eigenvalue weighted by atomic mass is 19.1. The van der Waals surface area contributed by atoms with Gasteiger partial charge in [-0.15, -0.1) is 0 Å². The van der Waals surface area contributed by atoms with Crippen molar-refractivity contribution in [1.29, 1.82) is 0 Å². The van der Waals surface area contributed by atoms with Crippen molar-refractivity contribution in [2.45, 2.75) is 26.3 Å². The average molecular weight is 268 g/mol. The van der Waals surface area contributed by atoms with E-state index in [9.17, 15) is 8.78 Å². The Morgan fingerprint density at radius 1 is 1.26 bits per heavy atom. The van der Waals surface area contributed by atoms with Crippen molar-refractivity contribution in [3.05, 3.63) is 35.4 Å². The molecule has 19 heavy (non-hydrogen) atoms. The van der Waals surface area contributed by atoms with E-state index in [-0.39, 0.29) is 11.6 Å². The van der Waals surface area contributed by atoms with Crippen LogP contribution in [0.15, 0.2) is 18.2 Å². The highest BCUT2D eigenvalue weighted by molar-refractivity contribution is 5.18. The molecule has 106 valence electrons. The largest absolute Gasteiger partial charge is 0.317 e. The minimum atomic E-state index is -0.366. The maximum absolute atomic E-state index is 13.6. The first-order valence-corrected chi connectivity index (χ1v) is 7.06. The Bertz CT molecular complexity index is 403. The average Bonchev–Trinajstić information content (AvgIpc) is 2.43. The van der Waals surface area contributed by atoms with E-state index >= 15 is 0 Å². The van der Waals surface area contributed by atoms with E-state index in [2.05, 4.69) is 17.1 Å². The SMILES string of the molecule is CCN(Cc1cc(F)ccc1F)CC1CCNCC1. The van der Waals surface area contributed by atoms with Crippen molar-refractivity contribution in [2.24, 2.45) is 5.92 Å². The number of nitrogens with zero attached hydrogens (tertiary/aromatic N) is 1. The predicted octanol–water partition coefficient (Wildman–Crippen LogP) is 2.79. The molecule has 1 aliphatic rings. The lowest BCUT2D eigenvalue weighted by atomic mass is 9.97. The first-order chi connectivity index (χ1) is 9.19. The summed E-state index contributed by atoms with van der Waals surface area (Å²) in [6.45, 7) is 6.52. The molecule has 1 heterocycles. The third-order valence-electron chi connectivity index (χ3n) is 3.82. The topological polar surface area (TPSA) is 15.3 Å². The lowest BCUT2D eigenvalue weighted by molar-refractivity contribution is 0.205. The van der Waals surface area contributed by atoms with Crippen molar-refractivity contribution >= 4 is 0 Å². The van der Waals surface area contributed by atoms with Gasteiger partial charge in [0.2, 0.25) is 0 Å². The van der Waals surface area contributed by atoms with E-state index in [4.69, 9.17) is 0 Å². The molecule has 0 aromatic heterocycles. The number of hydrogen-bond donors (Lipinski definition) is 1. The number of halogens is 2. The van der Waals surface area contributed by atoms with Gasteiger partial charge in [-0.3, -0.25) is 4.90 Å². The van der Waals surface area contributed by atoms with Crippen LogP contribution in [0.4, 0.5) is 8.78 Å². The number of benzene rings is 1. The van der Waals surface area contributed by atoms with E-state index < -0.39 is 0 Å². The zero-order valence-electron chi connectivity index (χ0n) is 11.5. The first-order valence-electron chi connectivity index (χ1n) is 7.06. The summed E-state index contributed by atoms with van der Waals surface area (Å²) in [5, 5.41) is 3.34. The lowest BCUT2D eigenvalue weighted by Crippen LogP contribution is -2.36. The molecular weight excluding hydrogens is 246 g/mol. The molecule has 0 bridgehead atoms. The number of rotatable bonds is 5. The summed E-state index contributed by atoms with van der Waals surface area (Å²) in [5.41, 5.74) is 0.454. The molecule has 0 atom stereocenters. The molecular formula is C15H22F2N2. The van der Waals surface area contributed by atoms with Crippen molar-refractivity contribution in [3.63, 3.8) is 0 Å². The number of hydrogen-bond acceptors (Lipinski definition) is 2. The summed E-state index contributed by atoms with van der Waals surface area (Å²) in [6.07, 6.45) is 2.34. The molecule has 0 saturated carbocycles. The molecule has 0 radical (unpaired) electrons. The Hall–Kier alpha value is -1.00. The van der Waals surface area contributed by atoms with Gasteiger partial charge in [0.25, 0.3) is 0 Å². The maximum Gasteiger partial charge on any atom is 0.127 e. The third kappa shape index (κ3) is 4.25. The van der Waals surface area contributed by atoms with E-state index in [0.717, 1.165) is 26.2 Å². The fraction of sp³-hybridized carbons (Fsp3) is 0.600. The second-order valence-electron chi connectivity index (χ2n) is 5.26. The maximum atomic E-state index is 13.6. The Morgan fingerprint density at radius 2 is 2.00 bits per heavy atom. The minimum Gasteiger partial charge on any atom is -0.317 e. The second kappa shape index (κ2) is 6.96. The molecule has 1 aromatic carbocycles. The van der Waals surface area contributed by atoms with Gasteiger partial charge in [-0.05, 0) is 56.6 Å². The monoisotopic (exact) mass is 268 g/mol. The van der Waals surface area contributed by atoms with Gasteiger partial charge < -0.3 is 5.32 Å². The first kappa shape index (κ1) is 14.4. The summed E-state index contributed by atoms with van der Waals surface area (Å²) in [7, 11) is 0. The normalized spacial score (nSPS) is 17.1. The van der Waals surface area contributed by atoms with E-state index in [1.54, 1.807) is 0 Å². The molecule has 0 amide bonds. The van der Waals surface area contributed by atoms with Crippen LogP contribution in [0.3, 0.4) is 0 Å². The van der Waals surface area contributed by atoms with Gasteiger partial charge in [-0.1, -0.05) is 6.92 Å². The molecule has 2 nitrogen and oxygen atoms in total. The Labute approximate surface area is 113 Å². The quantitative estimate of drug-likeness (QED) is 0.883. The van der Waals surface area contributed by atoms with Gasteiger partial charge in [0.15, 0.2) is 0 Å². The molecule has 0 spiro atoms. The van der Waals surface area contributed by atoms with Crippen LogP contribution in [-0.2, 0) is 6.54 Å². The summed E-state index contributed by atoms with van der Waals surface area (Å²) in [5.74, 6) is -0.0164. The van der Waals surface area contributed by atoms with Gasteiger partial charge in [-0.2, -0.15) is 0 Å². The van der Waals surface area contributed by atoms with Gasteiger partial charge >= 0.3 is 0 Å². The summed E-state index contributed by atoms with van der Waals surface area (Å²) >= 11 is 0. The third-order valence-corrected chi connectivity index (χ3v) is 3.82. The second-order valence-corrected chi connectivity index (χ2v) is 5.26. The predicted molar refractivity (Wildman–Crippen MR) is 72.9 cm³/mol. The molecule has 0 aliphatic carbocycles. The highest BCUT2D eigenvalue weighted by Gasteiger charge is 2.17.